The lowest BCUT2D eigenvalue weighted by molar-refractivity contribution is 0.0925. The average molecular weight is 292 g/mol. The summed E-state index contributed by atoms with van der Waals surface area (Å²) in [5.74, 6) is 1.09. The van der Waals surface area contributed by atoms with Crippen molar-refractivity contribution in [3.05, 3.63) is 23.8 Å². The van der Waals surface area contributed by atoms with Crippen molar-refractivity contribution in [1.82, 2.24) is 10.2 Å². The molecule has 1 aliphatic rings. The molecule has 5 heteroatoms. The molecule has 0 spiro atoms. The first-order valence-electron chi connectivity index (χ1n) is 7.36. The third-order valence-electron chi connectivity index (χ3n) is 4.07. The lowest BCUT2D eigenvalue weighted by atomic mass is 10.0. The molecule has 116 valence electrons. The SMILES string of the molecule is COc1ccc(OC)c(C(=O)NCC2CCCCN2C)c1. The van der Waals surface area contributed by atoms with Gasteiger partial charge in [0.25, 0.3) is 5.91 Å². The first-order chi connectivity index (χ1) is 10.2. The van der Waals surface area contributed by atoms with Gasteiger partial charge >= 0.3 is 0 Å². The van der Waals surface area contributed by atoms with Crippen LogP contribution in [0.5, 0.6) is 11.5 Å². The molecule has 1 saturated heterocycles. The highest BCUT2D eigenvalue weighted by molar-refractivity contribution is 5.97. The highest BCUT2D eigenvalue weighted by Crippen LogP contribution is 2.24. The molecular weight excluding hydrogens is 268 g/mol. The number of carbonyl (C=O) groups is 1. The molecule has 1 unspecified atom stereocenters. The van der Waals surface area contributed by atoms with Gasteiger partial charge < -0.3 is 19.7 Å². The number of nitrogens with one attached hydrogen (secondary N) is 1. The third-order valence-corrected chi connectivity index (χ3v) is 4.07. The van der Waals surface area contributed by atoms with E-state index in [4.69, 9.17) is 9.47 Å². The van der Waals surface area contributed by atoms with E-state index in [0.29, 0.717) is 29.6 Å². The summed E-state index contributed by atoms with van der Waals surface area (Å²) in [4.78, 5) is 14.7. The van der Waals surface area contributed by atoms with E-state index < -0.39 is 0 Å². The van der Waals surface area contributed by atoms with Gasteiger partial charge in [0.1, 0.15) is 11.5 Å². The van der Waals surface area contributed by atoms with E-state index in [1.165, 1.54) is 12.8 Å². The molecule has 21 heavy (non-hydrogen) atoms. The van der Waals surface area contributed by atoms with Crippen LogP contribution in [0.2, 0.25) is 0 Å². The maximum absolute atomic E-state index is 12.4. The Morgan fingerprint density at radius 3 is 2.81 bits per heavy atom. The number of amides is 1. The molecule has 0 radical (unpaired) electrons. The van der Waals surface area contributed by atoms with Gasteiger partial charge in [0.2, 0.25) is 0 Å². The molecule has 5 nitrogen and oxygen atoms in total. The van der Waals surface area contributed by atoms with Crippen molar-refractivity contribution >= 4 is 5.91 Å². The molecular formula is C16H24N2O3. The minimum absolute atomic E-state index is 0.121. The van der Waals surface area contributed by atoms with E-state index in [-0.39, 0.29) is 5.91 Å². The number of ether oxygens (including phenoxy) is 2. The van der Waals surface area contributed by atoms with Crippen LogP contribution < -0.4 is 14.8 Å². The number of hydrogen-bond donors (Lipinski definition) is 1. The molecule has 2 rings (SSSR count). The van der Waals surface area contributed by atoms with E-state index in [2.05, 4.69) is 17.3 Å². The Morgan fingerprint density at radius 2 is 2.14 bits per heavy atom. The quantitative estimate of drug-likeness (QED) is 0.901. The van der Waals surface area contributed by atoms with Crippen molar-refractivity contribution in [3.8, 4) is 11.5 Å². The highest BCUT2D eigenvalue weighted by atomic mass is 16.5. The fraction of sp³-hybridized carbons (Fsp3) is 0.562. The zero-order valence-corrected chi connectivity index (χ0v) is 13.0. The number of methoxy groups -OCH3 is 2. The van der Waals surface area contributed by atoms with Crippen LogP contribution >= 0.6 is 0 Å². The zero-order valence-electron chi connectivity index (χ0n) is 13.0. The van der Waals surface area contributed by atoms with Gasteiger partial charge in [-0.3, -0.25) is 4.79 Å². The first kappa shape index (κ1) is 15.6. The maximum Gasteiger partial charge on any atom is 0.255 e. The molecule has 1 aromatic carbocycles. The van der Waals surface area contributed by atoms with Crippen molar-refractivity contribution in [3.63, 3.8) is 0 Å². The van der Waals surface area contributed by atoms with Crippen LogP contribution in [0.15, 0.2) is 18.2 Å². The molecule has 1 aliphatic heterocycles. The van der Waals surface area contributed by atoms with Gasteiger partial charge in [0.15, 0.2) is 0 Å². The molecule has 1 N–H and O–H groups in total. The van der Waals surface area contributed by atoms with E-state index in [9.17, 15) is 4.79 Å². The van der Waals surface area contributed by atoms with Crippen LogP contribution in [0.4, 0.5) is 0 Å². The van der Waals surface area contributed by atoms with Gasteiger partial charge in [0.05, 0.1) is 19.8 Å². The number of likely N-dealkylation sites (N-methyl/N-ethyl adjacent to an activating group) is 1. The van der Waals surface area contributed by atoms with Gasteiger partial charge in [-0.05, 0) is 44.6 Å². The third kappa shape index (κ3) is 3.88. The second kappa shape index (κ2) is 7.31. The second-order valence-electron chi connectivity index (χ2n) is 5.41. The molecule has 0 aliphatic carbocycles. The standard InChI is InChI=1S/C16H24N2O3/c1-18-9-5-4-6-12(18)11-17-16(19)14-10-13(20-2)7-8-15(14)21-3/h7-8,10,12H,4-6,9,11H2,1-3H3,(H,17,19). The Morgan fingerprint density at radius 1 is 1.33 bits per heavy atom. The predicted octanol–water partition coefficient (Wildman–Crippen LogP) is 1.92. The Labute approximate surface area is 126 Å². The van der Waals surface area contributed by atoms with Crippen LogP contribution in [0.1, 0.15) is 29.6 Å². The molecule has 1 aromatic rings. The smallest absolute Gasteiger partial charge is 0.255 e. The van der Waals surface area contributed by atoms with Crippen LogP contribution in [0, 0.1) is 0 Å². The number of piperidine rings is 1. The van der Waals surface area contributed by atoms with Crippen molar-refractivity contribution in [2.24, 2.45) is 0 Å². The molecule has 0 aromatic heterocycles. The largest absolute Gasteiger partial charge is 0.497 e. The summed E-state index contributed by atoms with van der Waals surface area (Å²) in [7, 11) is 5.26. The monoisotopic (exact) mass is 292 g/mol. The van der Waals surface area contributed by atoms with E-state index >= 15 is 0 Å². The molecule has 1 atom stereocenters. The van der Waals surface area contributed by atoms with Gasteiger partial charge in [0, 0.05) is 12.6 Å². The molecule has 1 heterocycles. The van der Waals surface area contributed by atoms with Crippen LogP contribution in [-0.4, -0.2) is 51.2 Å². The summed E-state index contributed by atoms with van der Waals surface area (Å²) < 4.78 is 10.4. The Kier molecular flexibility index (Phi) is 5.44. The highest BCUT2D eigenvalue weighted by Gasteiger charge is 2.20. The Hall–Kier alpha value is -1.75. The average Bonchev–Trinajstić information content (AvgIpc) is 2.53. The Balaban J connectivity index is 2.02. The van der Waals surface area contributed by atoms with Gasteiger partial charge in [-0.25, -0.2) is 0 Å². The lowest BCUT2D eigenvalue weighted by Crippen LogP contribution is -2.44. The Bertz CT molecular complexity index is 490. The molecule has 1 amide bonds. The number of likely N-dealkylation sites (tertiary alicyclic amines) is 1. The van der Waals surface area contributed by atoms with Gasteiger partial charge in [-0.2, -0.15) is 0 Å². The van der Waals surface area contributed by atoms with Crippen molar-refractivity contribution in [1.29, 1.82) is 0 Å². The molecule has 0 bridgehead atoms. The van der Waals surface area contributed by atoms with Crippen LogP contribution in [0.3, 0.4) is 0 Å². The molecule has 1 fully saturated rings. The predicted molar refractivity (Wildman–Crippen MR) is 82.1 cm³/mol. The normalized spacial score (nSPS) is 19.1. The number of hydrogen-bond acceptors (Lipinski definition) is 4. The fourth-order valence-corrected chi connectivity index (χ4v) is 2.70. The van der Waals surface area contributed by atoms with E-state index in [0.717, 1.165) is 13.0 Å². The second-order valence-corrected chi connectivity index (χ2v) is 5.41. The van der Waals surface area contributed by atoms with Crippen molar-refractivity contribution < 1.29 is 14.3 Å². The van der Waals surface area contributed by atoms with E-state index in [1.54, 1.807) is 32.4 Å². The maximum atomic E-state index is 12.4. The van der Waals surface area contributed by atoms with Crippen LogP contribution in [0.25, 0.3) is 0 Å². The minimum Gasteiger partial charge on any atom is -0.497 e. The van der Waals surface area contributed by atoms with Crippen molar-refractivity contribution in [2.45, 2.75) is 25.3 Å². The summed E-state index contributed by atoms with van der Waals surface area (Å²) in [6.45, 7) is 1.76. The van der Waals surface area contributed by atoms with Gasteiger partial charge in [-0.15, -0.1) is 0 Å². The van der Waals surface area contributed by atoms with Gasteiger partial charge in [-0.1, -0.05) is 6.42 Å². The number of rotatable bonds is 5. The molecule has 0 saturated carbocycles. The lowest BCUT2D eigenvalue weighted by Gasteiger charge is -2.32. The fourth-order valence-electron chi connectivity index (χ4n) is 2.70. The number of carbonyl (C=O) groups excluding carboxylic acids is 1. The summed E-state index contributed by atoms with van der Waals surface area (Å²) in [5.41, 5.74) is 0.510. The van der Waals surface area contributed by atoms with Crippen LogP contribution in [-0.2, 0) is 0 Å². The minimum atomic E-state index is -0.121. The van der Waals surface area contributed by atoms with Crippen molar-refractivity contribution in [2.75, 3.05) is 34.4 Å². The number of nitrogens with zero attached hydrogens (tertiary/aromatic N) is 1. The summed E-state index contributed by atoms with van der Waals surface area (Å²) in [6, 6.07) is 5.66. The topological polar surface area (TPSA) is 50.8 Å². The first-order valence-corrected chi connectivity index (χ1v) is 7.36. The zero-order chi connectivity index (χ0) is 15.2. The summed E-state index contributed by atoms with van der Waals surface area (Å²) >= 11 is 0. The summed E-state index contributed by atoms with van der Waals surface area (Å²) in [6.07, 6.45) is 3.60. The number of benzene rings is 1. The van der Waals surface area contributed by atoms with E-state index in [1.807, 2.05) is 0 Å². The summed E-state index contributed by atoms with van der Waals surface area (Å²) in [5, 5.41) is 3.01.